The van der Waals surface area contributed by atoms with Crippen LogP contribution in [0.15, 0.2) is 18.2 Å². The molecule has 0 N–H and O–H groups in total. The Morgan fingerprint density at radius 2 is 1.25 bits per heavy atom. The molecule has 0 amide bonds. The zero-order valence-electron chi connectivity index (χ0n) is 9.58. The first-order valence-corrected chi connectivity index (χ1v) is 5.78. The first-order valence-electron chi connectivity index (χ1n) is 5.24. The van der Waals surface area contributed by atoms with Gasteiger partial charge in [0.25, 0.3) is 0 Å². The predicted molar refractivity (Wildman–Crippen MR) is 61.2 cm³/mol. The molecule has 0 aliphatic heterocycles. The minimum Gasteiger partial charge on any atom is -0.207 e. The van der Waals surface area contributed by atoms with Crippen molar-refractivity contribution in [2.24, 2.45) is 0 Å². The first-order chi connectivity index (χ1) is 9.38. The molecule has 0 saturated carbocycles. The van der Waals surface area contributed by atoms with Crippen LogP contribution >= 0.6 is 11.6 Å². The van der Waals surface area contributed by atoms with E-state index >= 15 is 0 Å². The summed E-state index contributed by atoms with van der Waals surface area (Å²) in [6.07, 6.45) is 0. The third-order valence-corrected chi connectivity index (χ3v) is 2.98. The van der Waals surface area contributed by atoms with Crippen molar-refractivity contribution in [1.82, 2.24) is 0 Å². The highest BCUT2D eigenvalue weighted by molar-refractivity contribution is 6.17. The monoisotopic (exact) mass is 310 g/mol. The van der Waals surface area contributed by atoms with Crippen molar-refractivity contribution in [2.45, 2.75) is 5.88 Å². The summed E-state index contributed by atoms with van der Waals surface area (Å²) in [7, 11) is 0. The summed E-state index contributed by atoms with van der Waals surface area (Å²) in [5, 5.41) is 0. The van der Waals surface area contributed by atoms with Crippen LogP contribution in [0.2, 0.25) is 0 Å². The van der Waals surface area contributed by atoms with E-state index in [0.717, 1.165) is 12.1 Å². The average molecular weight is 311 g/mol. The van der Waals surface area contributed by atoms with E-state index in [1.54, 1.807) is 0 Å². The molecular weight excluding hydrogens is 306 g/mol. The minimum absolute atomic E-state index is 0.0382. The zero-order chi connectivity index (χ0) is 15.0. The van der Waals surface area contributed by atoms with Crippen LogP contribution in [0.5, 0.6) is 0 Å². The molecule has 2 rings (SSSR count). The van der Waals surface area contributed by atoms with Gasteiger partial charge in [-0.2, -0.15) is 0 Å². The number of halogens is 7. The van der Waals surface area contributed by atoms with Crippen molar-refractivity contribution in [1.29, 1.82) is 0 Å². The Hall–Kier alpha value is -1.69. The Morgan fingerprint density at radius 3 is 1.75 bits per heavy atom. The summed E-state index contributed by atoms with van der Waals surface area (Å²) >= 11 is 5.52. The predicted octanol–water partition coefficient (Wildman–Crippen LogP) is 4.93. The third-order valence-electron chi connectivity index (χ3n) is 2.70. The van der Waals surface area contributed by atoms with Crippen molar-refractivity contribution < 1.29 is 26.3 Å². The molecule has 0 saturated heterocycles. The van der Waals surface area contributed by atoms with Crippen molar-refractivity contribution in [3.63, 3.8) is 0 Å². The standard InChI is InChI=1S/C13H5ClF6/c14-4-5-1-2-6(15)3-7(5)8-9(16)11(18)13(20)12(19)10(8)17/h1-3H,4H2. The van der Waals surface area contributed by atoms with Gasteiger partial charge in [-0.25, -0.2) is 26.3 Å². The molecule has 0 bridgehead atoms. The maximum Gasteiger partial charge on any atom is 0.200 e. The van der Waals surface area contributed by atoms with Crippen LogP contribution in [0, 0.1) is 34.9 Å². The van der Waals surface area contributed by atoms with Crippen LogP contribution in [0.25, 0.3) is 11.1 Å². The first kappa shape index (κ1) is 14.7. The molecule has 0 fully saturated rings. The SMILES string of the molecule is Fc1ccc(CCl)c(-c2c(F)c(F)c(F)c(F)c2F)c1. The molecule has 0 aliphatic carbocycles. The lowest BCUT2D eigenvalue weighted by Gasteiger charge is -2.11. The molecule has 0 radical (unpaired) electrons. The van der Waals surface area contributed by atoms with Gasteiger partial charge < -0.3 is 0 Å². The molecule has 106 valence electrons. The zero-order valence-corrected chi connectivity index (χ0v) is 10.3. The summed E-state index contributed by atoms with van der Waals surface area (Å²) in [6, 6.07) is 2.74. The van der Waals surface area contributed by atoms with Crippen LogP contribution in [0.3, 0.4) is 0 Å². The van der Waals surface area contributed by atoms with Gasteiger partial charge in [-0.15, -0.1) is 11.6 Å². The van der Waals surface area contributed by atoms with E-state index in [1.165, 1.54) is 0 Å². The van der Waals surface area contributed by atoms with Crippen molar-refractivity contribution in [3.05, 3.63) is 58.7 Å². The number of rotatable bonds is 2. The molecule has 0 atom stereocenters. The summed E-state index contributed by atoms with van der Waals surface area (Å²) in [5.41, 5.74) is -1.64. The normalized spacial score (nSPS) is 10.9. The minimum atomic E-state index is -2.27. The second-order valence-corrected chi connectivity index (χ2v) is 4.15. The molecule has 0 spiro atoms. The van der Waals surface area contributed by atoms with Crippen LogP contribution in [0.1, 0.15) is 5.56 Å². The van der Waals surface area contributed by atoms with Crippen molar-refractivity contribution >= 4 is 11.6 Å². The number of hydrogen-bond donors (Lipinski definition) is 0. The maximum absolute atomic E-state index is 13.6. The van der Waals surface area contributed by atoms with Gasteiger partial charge in [0, 0.05) is 5.88 Å². The van der Waals surface area contributed by atoms with E-state index < -0.39 is 46.0 Å². The number of hydrogen-bond acceptors (Lipinski definition) is 0. The van der Waals surface area contributed by atoms with Crippen molar-refractivity contribution in [2.75, 3.05) is 0 Å². The van der Waals surface area contributed by atoms with E-state index in [9.17, 15) is 26.3 Å². The van der Waals surface area contributed by atoms with Gasteiger partial charge in [0.2, 0.25) is 5.82 Å². The van der Waals surface area contributed by atoms with E-state index in [-0.39, 0.29) is 11.4 Å². The average Bonchev–Trinajstić information content (AvgIpc) is 2.43. The lowest BCUT2D eigenvalue weighted by atomic mass is 9.98. The summed E-state index contributed by atoms with van der Waals surface area (Å²) < 4.78 is 79.7. The Balaban J connectivity index is 2.86. The highest BCUT2D eigenvalue weighted by Gasteiger charge is 2.27. The number of benzene rings is 2. The van der Waals surface area contributed by atoms with Gasteiger partial charge in [-0.05, 0) is 23.3 Å². The second kappa shape index (κ2) is 5.36. The summed E-state index contributed by atoms with van der Waals surface area (Å²) in [6.45, 7) is 0. The Morgan fingerprint density at radius 1 is 0.750 bits per heavy atom. The quantitative estimate of drug-likeness (QED) is 0.319. The molecule has 0 nitrogen and oxygen atoms in total. The van der Waals surface area contributed by atoms with Gasteiger partial charge >= 0.3 is 0 Å². The molecule has 0 aliphatic rings. The van der Waals surface area contributed by atoms with E-state index in [0.29, 0.717) is 6.07 Å². The highest BCUT2D eigenvalue weighted by atomic mass is 35.5. The molecule has 2 aromatic carbocycles. The van der Waals surface area contributed by atoms with Crippen molar-refractivity contribution in [3.8, 4) is 11.1 Å². The van der Waals surface area contributed by atoms with Crippen LogP contribution in [-0.2, 0) is 5.88 Å². The van der Waals surface area contributed by atoms with Gasteiger partial charge in [-0.3, -0.25) is 0 Å². The van der Waals surface area contributed by atoms with Gasteiger partial charge in [0.05, 0.1) is 5.56 Å². The molecule has 7 heteroatoms. The van der Waals surface area contributed by atoms with E-state index in [2.05, 4.69) is 0 Å². The Labute approximate surface area is 114 Å². The highest BCUT2D eigenvalue weighted by Crippen LogP contribution is 2.34. The molecular formula is C13H5ClF6. The smallest absolute Gasteiger partial charge is 0.200 e. The second-order valence-electron chi connectivity index (χ2n) is 3.88. The molecule has 0 heterocycles. The third kappa shape index (κ3) is 2.24. The fraction of sp³-hybridized carbons (Fsp3) is 0.0769. The molecule has 20 heavy (non-hydrogen) atoms. The summed E-state index contributed by atoms with van der Waals surface area (Å²) in [4.78, 5) is 0. The molecule has 2 aromatic rings. The Kier molecular flexibility index (Phi) is 3.94. The van der Waals surface area contributed by atoms with Crippen LogP contribution in [-0.4, -0.2) is 0 Å². The van der Waals surface area contributed by atoms with E-state index in [4.69, 9.17) is 11.6 Å². The molecule has 0 unspecified atom stereocenters. The Bertz CT molecular complexity index is 654. The van der Waals surface area contributed by atoms with Gasteiger partial charge in [0.1, 0.15) is 5.82 Å². The van der Waals surface area contributed by atoms with Gasteiger partial charge in [-0.1, -0.05) is 6.07 Å². The summed E-state index contributed by atoms with van der Waals surface area (Å²) in [5.74, 6) is -11.7. The fourth-order valence-electron chi connectivity index (χ4n) is 1.74. The lowest BCUT2D eigenvalue weighted by Crippen LogP contribution is -2.05. The fourth-order valence-corrected chi connectivity index (χ4v) is 1.97. The maximum atomic E-state index is 13.6. The largest absolute Gasteiger partial charge is 0.207 e. The van der Waals surface area contributed by atoms with E-state index in [1.807, 2.05) is 0 Å². The lowest BCUT2D eigenvalue weighted by molar-refractivity contribution is 0.381. The number of alkyl halides is 1. The van der Waals surface area contributed by atoms with Gasteiger partial charge in [0.15, 0.2) is 23.3 Å². The molecule has 0 aromatic heterocycles. The topological polar surface area (TPSA) is 0 Å². The van der Waals surface area contributed by atoms with Crippen LogP contribution in [0.4, 0.5) is 26.3 Å². The van der Waals surface area contributed by atoms with Crippen LogP contribution < -0.4 is 0 Å².